The summed E-state index contributed by atoms with van der Waals surface area (Å²) >= 11 is 1.54. The summed E-state index contributed by atoms with van der Waals surface area (Å²) < 4.78 is 1.92. The van der Waals surface area contributed by atoms with E-state index in [1.165, 1.54) is 11.5 Å². The molecule has 14 heavy (non-hydrogen) atoms. The van der Waals surface area contributed by atoms with Crippen LogP contribution < -0.4 is 0 Å². The number of rotatable bonds is 1. The first-order valence-electron chi connectivity index (χ1n) is 4.15. The Morgan fingerprint density at radius 1 is 1.14 bits per heavy atom. The Balaban J connectivity index is 2.19. The minimum Gasteiger partial charge on any atom is -0.254 e. The Labute approximate surface area is 84.0 Å². The van der Waals surface area contributed by atoms with Gasteiger partial charge in [0.25, 0.3) is 0 Å². The van der Waals surface area contributed by atoms with E-state index in [2.05, 4.69) is 15.0 Å². The highest BCUT2D eigenvalue weighted by Gasteiger charge is 2.06. The van der Waals surface area contributed by atoms with Gasteiger partial charge in [-0.25, -0.2) is 8.77 Å². The van der Waals surface area contributed by atoms with Crippen LogP contribution in [0.5, 0.6) is 0 Å². The zero-order chi connectivity index (χ0) is 9.38. The smallest absolute Gasteiger partial charge is 0.244 e. The summed E-state index contributed by atoms with van der Waals surface area (Å²) in [5, 5.41) is 0.897. The second-order valence-corrected chi connectivity index (χ2v) is 3.74. The Morgan fingerprint density at radius 3 is 2.93 bits per heavy atom. The third-order valence-corrected chi connectivity index (χ3v) is 2.81. The zero-order valence-corrected chi connectivity index (χ0v) is 7.98. The summed E-state index contributed by atoms with van der Waals surface area (Å²) in [6, 6.07) is 5.78. The Bertz CT molecular complexity index is 526. The molecule has 0 radical (unpaired) electrons. The van der Waals surface area contributed by atoms with Gasteiger partial charge < -0.3 is 0 Å². The molecule has 0 spiro atoms. The predicted octanol–water partition coefficient (Wildman–Crippen LogP) is 1.85. The van der Waals surface area contributed by atoms with Gasteiger partial charge in [0.2, 0.25) is 5.78 Å². The van der Waals surface area contributed by atoms with E-state index >= 15 is 0 Å². The molecule has 0 atom stereocenters. The molecule has 0 aliphatic carbocycles. The van der Waals surface area contributed by atoms with E-state index in [9.17, 15) is 0 Å². The molecule has 0 fully saturated rings. The van der Waals surface area contributed by atoms with E-state index in [0.717, 1.165) is 16.5 Å². The van der Waals surface area contributed by atoms with Gasteiger partial charge in [0, 0.05) is 18.6 Å². The van der Waals surface area contributed by atoms with Crippen molar-refractivity contribution < 1.29 is 0 Å². The second-order valence-electron chi connectivity index (χ2n) is 2.78. The monoisotopic (exact) mass is 202 g/mol. The predicted molar refractivity (Wildman–Crippen MR) is 54.1 cm³/mol. The molecule has 0 saturated carbocycles. The van der Waals surface area contributed by atoms with E-state index in [-0.39, 0.29) is 0 Å². The molecule has 5 heteroatoms. The van der Waals surface area contributed by atoms with Crippen molar-refractivity contribution in [3.63, 3.8) is 0 Å². The van der Waals surface area contributed by atoms with Crippen LogP contribution in [-0.4, -0.2) is 18.7 Å². The number of hydrogen-bond donors (Lipinski definition) is 0. The fraction of sp³-hybridized carbons (Fsp3) is 0. The van der Waals surface area contributed by atoms with Crippen LogP contribution in [-0.2, 0) is 0 Å². The maximum absolute atomic E-state index is 4.35. The lowest BCUT2D eigenvalue weighted by Gasteiger charge is -1.90. The fourth-order valence-corrected chi connectivity index (χ4v) is 2.04. The molecule has 0 saturated heterocycles. The minimum absolute atomic E-state index is 0.732. The van der Waals surface area contributed by atoms with Gasteiger partial charge in [-0.2, -0.15) is 4.98 Å². The number of fused-ring (bicyclic) bond motifs is 1. The molecule has 3 rings (SSSR count). The third-order valence-electron chi connectivity index (χ3n) is 1.86. The molecular weight excluding hydrogens is 196 g/mol. The zero-order valence-electron chi connectivity index (χ0n) is 7.16. The topological polar surface area (TPSA) is 43.1 Å². The van der Waals surface area contributed by atoms with Gasteiger partial charge in [-0.3, -0.25) is 4.98 Å². The number of imidazole rings is 1. The van der Waals surface area contributed by atoms with Crippen molar-refractivity contribution in [3.8, 4) is 10.7 Å². The van der Waals surface area contributed by atoms with Gasteiger partial charge >= 0.3 is 0 Å². The molecule has 0 aliphatic rings. The number of nitrogens with zero attached hydrogens (tertiary/aromatic N) is 4. The molecular formula is C9H6N4S. The highest BCUT2D eigenvalue weighted by molar-refractivity contribution is 7.09. The quantitative estimate of drug-likeness (QED) is 0.604. The van der Waals surface area contributed by atoms with Gasteiger partial charge in [-0.05, 0) is 23.7 Å². The molecule has 0 aromatic carbocycles. The lowest BCUT2D eigenvalue weighted by atomic mass is 10.4. The van der Waals surface area contributed by atoms with Crippen LogP contribution in [0.3, 0.4) is 0 Å². The first kappa shape index (κ1) is 7.64. The molecule has 0 bridgehead atoms. The van der Waals surface area contributed by atoms with E-state index in [1.807, 2.05) is 28.2 Å². The van der Waals surface area contributed by atoms with Gasteiger partial charge in [-0.1, -0.05) is 6.07 Å². The van der Waals surface area contributed by atoms with Crippen molar-refractivity contribution in [3.05, 3.63) is 36.8 Å². The number of aromatic nitrogens is 4. The van der Waals surface area contributed by atoms with Crippen LogP contribution in [0.2, 0.25) is 0 Å². The van der Waals surface area contributed by atoms with Crippen molar-refractivity contribution >= 4 is 17.3 Å². The van der Waals surface area contributed by atoms with Crippen LogP contribution in [0, 0.1) is 0 Å². The summed E-state index contributed by atoms with van der Waals surface area (Å²) in [5.41, 5.74) is 0.892. The van der Waals surface area contributed by atoms with Crippen molar-refractivity contribution in [1.82, 2.24) is 18.7 Å². The normalized spacial score (nSPS) is 10.9. The van der Waals surface area contributed by atoms with E-state index in [0.29, 0.717) is 0 Å². The first-order valence-corrected chi connectivity index (χ1v) is 4.92. The molecule has 0 amide bonds. The minimum atomic E-state index is 0.732. The molecule has 4 nitrogen and oxygen atoms in total. The maximum atomic E-state index is 4.35. The summed E-state index contributed by atoms with van der Waals surface area (Å²) in [7, 11) is 0. The van der Waals surface area contributed by atoms with Crippen LogP contribution in [0.25, 0.3) is 16.5 Å². The van der Waals surface area contributed by atoms with Crippen molar-refractivity contribution in [2.24, 2.45) is 0 Å². The number of pyridine rings is 1. The molecule has 0 unspecified atom stereocenters. The van der Waals surface area contributed by atoms with Gasteiger partial charge in [0.1, 0.15) is 5.69 Å². The average Bonchev–Trinajstić information content (AvgIpc) is 2.78. The van der Waals surface area contributed by atoms with Crippen LogP contribution in [0.4, 0.5) is 0 Å². The van der Waals surface area contributed by atoms with Crippen LogP contribution in [0.1, 0.15) is 0 Å². The van der Waals surface area contributed by atoms with Crippen molar-refractivity contribution in [2.75, 3.05) is 0 Å². The van der Waals surface area contributed by atoms with E-state index in [4.69, 9.17) is 0 Å². The summed E-state index contributed by atoms with van der Waals surface area (Å²) in [6.45, 7) is 0. The molecule has 3 aromatic heterocycles. The second kappa shape index (κ2) is 2.88. The highest BCUT2D eigenvalue weighted by atomic mass is 32.1. The van der Waals surface area contributed by atoms with E-state index < -0.39 is 0 Å². The standard InChI is InChI=1S/C9H6N4S/c1-2-4-10-7(3-1)8-12-9-11-5-6-13(9)14-8/h1-6H. The molecule has 3 heterocycles. The van der Waals surface area contributed by atoms with Gasteiger partial charge in [-0.15, -0.1) is 0 Å². The molecule has 3 aromatic rings. The van der Waals surface area contributed by atoms with Crippen LogP contribution in [0.15, 0.2) is 36.8 Å². The lowest BCUT2D eigenvalue weighted by Crippen LogP contribution is -1.79. The van der Waals surface area contributed by atoms with Crippen molar-refractivity contribution in [1.29, 1.82) is 0 Å². The van der Waals surface area contributed by atoms with Crippen molar-refractivity contribution in [2.45, 2.75) is 0 Å². The lowest BCUT2D eigenvalue weighted by molar-refractivity contribution is 1.25. The largest absolute Gasteiger partial charge is 0.254 e. The van der Waals surface area contributed by atoms with Gasteiger partial charge in [0.05, 0.1) is 0 Å². The molecule has 0 aliphatic heterocycles. The fourth-order valence-electron chi connectivity index (χ4n) is 1.23. The van der Waals surface area contributed by atoms with Gasteiger partial charge in [0.15, 0.2) is 5.01 Å². The van der Waals surface area contributed by atoms with Crippen LogP contribution >= 0.6 is 11.5 Å². The number of hydrogen-bond acceptors (Lipinski definition) is 4. The summed E-state index contributed by atoms with van der Waals surface area (Å²) in [5.74, 6) is 0.732. The third kappa shape index (κ3) is 1.10. The Kier molecular flexibility index (Phi) is 1.57. The summed E-state index contributed by atoms with van der Waals surface area (Å²) in [4.78, 5) is 12.7. The first-order chi connectivity index (χ1) is 6.93. The Hall–Kier alpha value is -1.75. The Morgan fingerprint density at radius 2 is 2.14 bits per heavy atom. The maximum Gasteiger partial charge on any atom is 0.244 e. The molecule has 68 valence electrons. The molecule has 0 N–H and O–H groups in total. The SMILES string of the molecule is c1ccc(-c2nc3nccn3s2)nc1. The summed E-state index contributed by atoms with van der Waals surface area (Å²) in [6.07, 6.45) is 5.39. The van der Waals surface area contributed by atoms with E-state index in [1.54, 1.807) is 12.4 Å². The average molecular weight is 202 g/mol. The highest BCUT2D eigenvalue weighted by Crippen LogP contribution is 2.20.